The second kappa shape index (κ2) is 20.6. The number of amides is 2. The van der Waals surface area contributed by atoms with Crippen LogP contribution in [0.15, 0.2) is 0 Å². The van der Waals surface area contributed by atoms with Crippen molar-refractivity contribution in [2.45, 2.75) is 13.8 Å². The van der Waals surface area contributed by atoms with E-state index in [-0.39, 0.29) is 30.4 Å². The topological polar surface area (TPSA) is 115 Å². The van der Waals surface area contributed by atoms with Gasteiger partial charge in [-0.25, -0.2) is 0 Å². The molecular weight excluding hydrogens is 383 g/mol. The van der Waals surface area contributed by atoms with E-state index >= 15 is 0 Å². The molecule has 0 aliphatic carbocycles. The summed E-state index contributed by atoms with van der Waals surface area (Å²) in [6, 6.07) is 0. The second-order valence-electron chi connectivity index (χ2n) is 5.40. The van der Waals surface area contributed by atoms with Gasteiger partial charge in [0.1, 0.15) is 6.61 Å². The largest absolute Gasteiger partial charge is 0.387 e. The van der Waals surface area contributed by atoms with Crippen LogP contribution in [0.2, 0.25) is 0 Å². The fourth-order valence-corrected chi connectivity index (χ4v) is 1.53. The summed E-state index contributed by atoms with van der Waals surface area (Å²) in [5.41, 5.74) is 0. The molecule has 0 saturated heterocycles. The van der Waals surface area contributed by atoms with Gasteiger partial charge in [0.2, 0.25) is 11.8 Å². The Morgan fingerprint density at radius 2 is 1.15 bits per heavy atom. The van der Waals surface area contributed by atoms with E-state index in [1.165, 1.54) is 0 Å². The molecule has 0 aromatic carbocycles. The summed E-state index contributed by atoms with van der Waals surface area (Å²) in [5.74, 6) is -0.405. The third-order valence-corrected chi connectivity index (χ3v) is 2.90. The minimum Gasteiger partial charge on any atom is -0.387 e. The molecule has 2 amide bonds. The number of rotatable bonds is 17. The zero-order chi connectivity index (χ0) is 18.8. The zero-order valence-corrected chi connectivity index (χ0v) is 17.1. The van der Waals surface area contributed by atoms with E-state index in [9.17, 15) is 9.59 Å². The van der Waals surface area contributed by atoms with E-state index in [1.54, 1.807) is 0 Å². The van der Waals surface area contributed by atoms with Crippen LogP contribution in [-0.2, 0) is 47.1 Å². The van der Waals surface area contributed by atoms with Crippen molar-refractivity contribution in [3.05, 3.63) is 0 Å². The maximum Gasteiger partial charge on any atom is 0.245 e. The fraction of sp³-hybridized carbons (Fsp3) is 0.875. The summed E-state index contributed by atoms with van der Waals surface area (Å²) >= 11 is 0. The van der Waals surface area contributed by atoms with Gasteiger partial charge in [0.05, 0.1) is 52.9 Å². The Kier molecular flexibility index (Phi) is 21.9. The third kappa shape index (κ3) is 19.6. The number of nitrogens with one attached hydrogen (secondary N) is 2. The summed E-state index contributed by atoms with van der Waals surface area (Å²) in [4.78, 5) is 22.0. The van der Waals surface area contributed by atoms with Gasteiger partial charge < -0.3 is 34.7 Å². The Bertz CT molecular complexity index is 347. The predicted octanol–water partition coefficient (Wildman–Crippen LogP) is -1.07. The van der Waals surface area contributed by atoms with Crippen LogP contribution in [-0.4, -0.2) is 89.5 Å². The van der Waals surface area contributed by atoms with Gasteiger partial charge in [-0.3, -0.25) is 9.59 Å². The molecule has 0 spiro atoms. The standard InChI is InChI=1S/C16H32N2O7.V/c1-14(2)16(21)18-4-6-23-8-10-25-12-11-24-9-7-22-5-3-17-15(20)13-19;/h14,19H,3-13H2,1-2H3,(H,17,20)(H,18,21);. The maximum absolute atomic E-state index is 11.3. The molecule has 0 atom stereocenters. The van der Waals surface area contributed by atoms with Crippen LogP contribution in [0.3, 0.4) is 0 Å². The van der Waals surface area contributed by atoms with Gasteiger partial charge in [-0.2, -0.15) is 0 Å². The van der Waals surface area contributed by atoms with Crippen molar-refractivity contribution in [3.8, 4) is 0 Å². The van der Waals surface area contributed by atoms with Crippen LogP contribution in [0.1, 0.15) is 13.8 Å². The fourth-order valence-electron chi connectivity index (χ4n) is 1.53. The van der Waals surface area contributed by atoms with Gasteiger partial charge in [0, 0.05) is 37.6 Å². The van der Waals surface area contributed by atoms with E-state index < -0.39 is 12.5 Å². The first kappa shape index (κ1) is 27.5. The van der Waals surface area contributed by atoms with Crippen LogP contribution in [0, 0.1) is 5.92 Å². The average Bonchev–Trinajstić information content (AvgIpc) is 2.60. The second-order valence-corrected chi connectivity index (χ2v) is 5.40. The maximum atomic E-state index is 11.3. The zero-order valence-electron chi connectivity index (χ0n) is 15.7. The van der Waals surface area contributed by atoms with Crippen molar-refractivity contribution >= 4 is 11.8 Å². The molecule has 9 nitrogen and oxygen atoms in total. The van der Waals surface area contributed by atoms with E-state index in [1.807, 2.05) is 13.8 Å². The molecule has 153 valence electrons. The van der Waals surface area contributed by atoms with E-state index in [2.05, 4.69) is 10.6 Å². The summed E-state index contributed by atoms with van der Waals surface area (Å²) in [7, 11) is 0. The Morgan fingerprint density at radius 1 is 0.769 bits per heavy atom. The number of ether oxygens (including phenoxy) is 4. The van der Waals surface area contributed by atoms with E-state index in [0.29, 0.717) is 65.9 Å². The van der Waals surface area contributed by atoms with Gasteiger partial charge in [-0.15, -0.1) is 0 Å². The minimum atomic E-state index is -0.511. The number of carbonyl (C=O) groups is 2. The van der Waals surface area contributed by atoms with Crippen molar-refractivity contribution in [2.24, 2.45) is 5.92 Å². The van der Waals surface area contributed by atoms with Gasteiger partial charge in [0.25, 0.3) is 0 Å². The summed E-state index contributed by atoms with van der Waals surface area (Å²) in [5, 5.41) is 13.7. The molecule has 0 saturated carbocycles. The molecule has 0 unspecified atom stereocenters. The number of aliphatic hydroxyl groups excluding tert-OH is 1. The molecule has 1 radical (unpaired) electrons. The number of aliphatic hydroxyl groups is 1. The molecule has 0 fully saturated rings. The molecule has 0 bridgehead atoms. The average molecular weight is 415 g/mol. The SMILES string of the molecule is CC(C)C(=O)NCCOCCOCCOCCOCCNC(=O)CO.[V]. The Labute approximate surface area is 167 Å². The normalized spacial score (nSPS) is 10.5. The third-order valence-electron chi connectivity index (χ3n) is 2.90. The van der Waals surface area contributed by atoms with Crippen LogP contribution in [0.4, 0.5) is 0 Å². The molecule has 3 N–H and O–H groups in total. The Hall–Kier alpha value is -0.676. The smallest absolute Gasteiger partial charge is 0.245 e. The molecule has 0 aliphatic heterocycles. The molecule has 0 aromatic rings. The monoisotopic (exact) mass is 415 g/mol. The van der Waals surface area contributed by atoms with Gasteiger partial charge in [-0.05, 0) is 0 Å². The van der Waals surface area contributed by atoms with Crippen LogP contribution in [0.25, 0.3) is 0 Å². The summed E-state index contributed by atoms with van der Waals surface area (Å²) in [6.07, 6.45) is 0. The molecule has 0 heterocycles. The molecular formula is C16H32N2O7V. The predicted molar refractivity (Wildman–Crippen MR) is 91.2 cm³/mol. The van der Waals surface area contributed by atoms with Crippen LogP contribution < -0.4 is 10.6 Å². The molecule has 10 heteroatoms. The van der Waals surface area contributed by atoms with Crippen LogP contribution in [0.5, 0.6) is 0 Å². The molecule has 0 rings (SSSR count). The van der Waals surface area contributed by atoms with Crippen molar-refractivity contribution < 1.29 is 52.2 Å². The first-order chi connectivity index (χ1) is 12.1. The first-order valence-corrected chi connectivity index (χ1v) is 8.54. The molecule has 0 aromatic heterocycles. The van der Waals surface area contributed by atoms with Crippen molar-refractivity contribution in [1.82, 2.24) is 10.6 Å². The molecule has 0 aliphatic rings. The number of hydrogen-bond donors (Lipinski definition) is 3. The van der Waals surface area contributed by atoms with Crippen LogP contribution >= 0.6 is 0 Å². The van der Waals surface area contributed by atoms with Crippen molar-refractivity contribution in [1.29, 1.82) is 0 Å². The van der Waals surface area contributed by atoms with Gasteiger partial charge >= 0.3 is 0 Å². The van der Waals surface area contributed by atoms with E-state index in [4.69, 9.17) is 24.1 Å². The first-order valence-electron chi connectivity index (χ1n) is 8.54. The van der Waals surface area contributed by atoms with Crippen molar-refractivity contribution in [3.63, 3.8) is 0 Å². The van der Waals surface area contributed by atoms with Gasteiger partial charge in [0.15, 0.2) is 0 Å². The Morgan fingerprint density at radius 3 is 1.54 bits per heavy atom. The van der Waals surface area contributed by atoms with E-state index in [0.717, 1.165) is 0 Å². The quantitative estimate of drug-likeness (QED) is 0.259. The minimum absolute atomic E-state index is 0. The van der Waals surface area contributed by atoms with Crippen molar-refractivity contribution in [2.75, 3.05) is 72.6 Å². The summed E-state index contributed by atoms with van der Waals surface area (Å²) in [6.45, 7) is 7.65. The summed E-state index contributed by atoms with van der Waals surface area (Å²) < 4.78 is 21.2. The Balaban J connectivity index is 0. The number of hydrogen-bond acceptors (Lipinski definition) is 7. The van der Waals surface area contributed by atoms with Gasteiger partial charge in [-0.1, -0.05) is 13.8 Å². The molecule has 26 heavy (non-hydrogen) atoms. The number of carbonyl (C=O) groups excluding carboxylic acids is 2.